The molecule has 1 rings (SSSR count). The molecule has 1 aromatic rings. The number of hydrogen-bond acceptors (Lipinski definition) is 3. The van der Waals surface area contributed by atoms with E-state index in [0.717, 1.165) is 13.1 Å². The fraction of sp³-hybridized carbons (Fsp3) is 0.636. The van der Waals surface area contributed by atoms with Crippen molar-refractivity contribution in [2.24, 2.45) is 0 Å². The lowest BCUT2D eigenvalue weighted by Crippen LogP contribution is -2.47. The van der Waals surface area contributed by atoms with Gasteiger partial charge in [0.1, 0.15) is 0 Å². The molecule has 86 valence electrons. The first-order valence-corrected chi connectivity index (χ1v) is 6.67. The van der Waals surface area contributed by atoms with Crippen molar-refractivity contribution in [3.63, 3.8) is 0 Å². The Labute approximate surface area is 105 Å². The lowest BCUT2D eigenvalue weighted by Gasteiger charge is -2.35. The molecule has 0 aliphatic carbocycles. The van der Waals surface area contributed by atoms with Crippen molar-refractivity contribution in [1.29, 1.82) is 0 Å². The van der Waals surface area contributed by atoms with Crippen LogP contribution in [0.3, 0.4) is 0 Å². The number of thiophene rings is 1. The van der Waals surface area contributed by atoms with Crippen molar-refractivity contribution in [3.05, 3.63) is 20.8 Å². The van der Waals surface area contributed by atoms with Gasteiger partial charge in [-0.05, 0) is 56.0 Å². The molecule has 0 amide bonds. The van der Waals surface area contributed by atoms with Crippen molar-refractivity contribution < 1.29 is 0 Å². The molecule has 0 aliphatic rings. The molecular weight excluding hydrogens is 272 g/mol. The predicted molar refractivity (Wildman–Crippen MR) is 71.5 cm³/mol. The zero-order valence-corrected chi connectivity index (χ0v) is 12.2. The van der Waals surface area contributed by atoms with E-state index >= 15 is 0 Å². The summed E-state index contributed by atoms with van der Waals surface area (Å²) in [7, 11) is 4.17. The van der Waals surface area contributed by atoms with Crippen LogP contribution >= 0.6 is 27.3 Å². The first-order chi connectivity index (χ1) is 6.95. The molecule has 2 nitrogen and oxygen atoms in total. The highest BCUT2D eigenvalue weighted by molar-refractivity contribution is 9.11. The summed E-state index contributed by atoms with van der Waals surface area (Å²) in [6.07, 6.45) is 0. The summed E-state index contributed by atoms with van der Waals surface area (Å²) < 4.78 is 1.21. The molecular formula is C11H19BrN2S. The zero-order valence-electron chi connectivity index (χ0n) is 9.80. The molecule has 0 aromatic carbocycles. The minimum Gasteiger partial charge on any atom is -0.318 e. The highest BCUT2D eigenvalue weighted by atomic mass is 79.9. The van der Waals surface area contributed by atoms with Crippen LogP contribution in [0.15, 0.2) is 15.9 Å². The summed E-state index contributed by atoms with van der Waals surface area (Å²) in [5.74, 6) is 0. The third kappa shape index (κ3) is 3.87. The van der Waals surface area contributed by atoms with Crippen LogP contribution in [-0.4, -0.2) is 31.1 Å². The minimum absolute atomic E-state index is 0.186. The lowest BCUT2D eigenvalue weighted by atomic mass is 10.0. The van der Waals surface area contributed by atoms with Gasteiger partial charge in [-0.2, -0.15) is 0 Å². The number of nitrogens with zero attached hydrogens (tertiary/aromatic N) is 1. The van der Waals surface area contributed by atoms with Crippen LogP contribution in [0.25, 0.3) is 0 Å². The topological polar surface area (TPSA) is 15.3 Å². The van der Waals surface area contributed by atoms with E-state index in [-0.39, 0.29) is 5.54 Å². The van der Waals surface area contributed by atoms with Gasteiger partial charge < -0.3 is 5.32 Å². The first-order valence-electron chi connectivity index (χ1n) is 5.06. The monoisotopic (exact) mass is 290 g/mol. The van der Waals surface area contributed by atoms with Crippen molar-refractivity contribution in [2.75, 3.05) is 20.6 Å². The number of likely N-dealkylation sites (N-methyl/N-ethyl adjacent to an activating group) is 2. The van der Waals surface area contributed by atoms with Gasteiger partial charge in [0.15, 0.2) is 0 Å². The van der Waals surface area contributed by atoms with Crippen molar-refractivity contribution in [2.45, 2.75) is 25.9 Å². The van der Waals surface area contributed by atoms with Gasteiger partial charge in [-0.15, -0.1) is 11.3 Å². The molecule has 0 saturated heterocycles. The van der Waals surface area contributed by atoms with Crippen LogP contribution in [-0.2, 0) is 6.54 Å². The molecule has 4 heteroatoms. The SMILES string of the molecule is CNCC(C)(C)N(C)Cc1ccc(Br)s1. The van der Waals surface area contributed by atoms with E-state index in [1.807, 2.05) is 7.05 Å². The molecule has 0 fully saturated rings. The summed E-state index contributed by atoms with van der Waals surface area (Å²) in [5, 5.41) is 3.23. The van der Waals surface area contributed by atoms with E-state index in [4.69, 9.17) is 0 Å². The lowest BCUT2D eigenvalue weighted by molar-refractivity contribution is 0.149. The Bertz CT molecular complexity index is 309. The summed E-state index contributed by atoms with van der Waals surface area (Å²) in [6.45, 7) is 6.51. The van der Waals surface area contributed by atoms with Crippen LogP contribution in [0, 0.1) is 0 Å². The van der Waals surface area contributed by atoms with Crippen LogP contribution in [0.2, 0.25) is 0 Å². The van der Waals surface area contributed by atoms with E-state index in [9.17, 15) is 0 Å². The smallest absolute Gasteiger partial charge is 0.0701 e. The molecule has 1 heterocycles. The van der Waals surface area contributed by atoms with Crippen molar-refractivity contribution in [1.82, 2.24) is 10.2 Å². The molecule has 1 aromatic heterocycles. The molecule has 0 unspecified atom stereocenters. The van der Waals surface area contributed by atoms with Gasteiger partial charge in [0.25, 0.3) is 0 Å². The Balaban J connectivity index is 2.58. The van der Waals surface area contributed by atoms with E-state index < -0.39 is 0 Å². The summed E-state index contributed by atoms with van der Waals surface area (Å²) in [5.41, 5.74) is 0.186. The molecule has 0 spiro atoms. The van der Waals surface area contributed by atoms with Gasteiger partial charge >= 0.3 is 0 Å². The highest BCUT2D eigenvalue weighted by Gasteiger charge is 2.22. The Hall–Kier alpha value is 0.1000. The van der Waals surface area contributed by atoms with Crippen molar-refractivity contribution in [3.8, 4) is 0 Å². The molecule has 0 radical (unpaired) electrons. The van der Waals surface area contributed by atoms with Crippen molar-refractivity contribution >= 4 is 27.3 Å². The van der Waals surface area contributed by atoms with Gasteiger partial charge in [0, 0.05) is 23.5 Å². The standard InChI is InChI=1S/C11H19BrN2S/c1-11(2,8-13-3)14(4)7-9-5-6-10(12)15-9/h5-6,13H,7-8H2,1-4H3. The molecule has 0 atom stereocenters. The van der Waals surface area contributed by atoms with E-state index in [2.05, 4.69) is 59.2 Å². The van der Waals surface area contributed by atoms with E-state index in [0.29, 0.717) is 0 Å². The minimum atomic E-state index is 0.186. The second kappa shape index (κ2) is 5.43. The fourth-order valence-electron chi connectivity index (χ4n) is 1.45. The van der Waals surface area contributed by atoms with E-state index in [1.54, 1.807) is 11.3 Å². The second-order valence-electron chi connectivity index (χ2n) is 4.40. The van der Waals surface area contributed by atoms with Gasteiger partial charge in [-0.25, -0.2) is 0 Å². The molecule has 0 aliphatic heterocycles. The highest BCUT2D eigenvalue weighted by Crippen LogP contribution is 2.24. The summed E-state index contributed by atoms with van der Waals surface area (Å²) >= 11 is 5.30. The quantitative estimate of drug-likeness (QED) is 0.897. The van der Waals surface area contributed by atoms with Crippen LogP contribution in [0.5, 0.6) is 0 Å². The molecule has 0 saturated carbocycles. The van der Waals surface area contributed by atoms with Crippen LogP contribution in [0.1, 0.15) is 18.7 Å². The van der Waals surface area contributed by atoms with Gasteiger partial charge in [0.05, 0.1) is 3.79 Å². The van der Waals surface area contributed by atoms with Crippen LogP contribution < -0.4 is 5.32 Å². The second-order valence-corrected chi connectivity index (χ2v) is 6.95. The molecule has 15 heavy (non-hydrogen) atoms. The fourth-order valence-corrected chi connectivity index (χ4v) is 2.99. The average molecular weight is 291 g/mol. The third-order valence-electron chi connectivity index (χ3n) is 2.66. The van der Waals surface area contributed by atoms with E-state index in [1.165, 1.54) is 8.66 Å². The number of rotatable bonds is 5. The number of hydrogen-bond donors (Lipinski definition) is 1. The maximum Gasteiger partial charge on any atom is 0.0701 e. The Kier molecular flexibility index (Phi) is 4.77. The Morgan fingerprint density at radius 1 is 1.47 bits per heavy atom. The van der Waals surface area contributed by atoms with Gasteiger partial charge in [0.2, 0.25) is 0 Å². The predicted octanol–water partition coefficient (Wildman–Crippen LogP) is 2.94. The van der Waals surface area contributed by atoms with Gasteiger partial charge in [-0.1, -0.05) is 0 Å². The normalized spacial score (nSPS) is 12.4. The van der Waals surface area contributed by atoms with Gasteiger partial charge in [-0.3, -0.25) is 4.90 Å². The zero-order chi connectivity index (χ0) is 11.5. The summed E-state index contributed by atoms with van der Waals surface area (Å²) in [4.78, 5) is 3.77. The summed E-state index contributed by atoms with van der Waals surface area (Å²) in [6, 6.07) is 4.29. The Morgan fingerprint density at radius 3 is 2.60 bits per heavy atom. The number of halogens is 1. The first kappa shape index (κ1) is 13.2. The molecule has 1 N–H and O–H groups in total. The van der Waals surface area contributed by atoms with Crippen LogP contribution in [0.4, 0.5) is 0 Å². The number of nitrogens with one attached hydrogen (secondary N) is 1. The largest absolute Gasteiger partial charge is 0.318 e. The average Bonchev–Trinajstić information content (AvgIpc) is 2.51. The maximum atomic E-state index is 3.49. The Morgan fingerprint density at radius 2 is 2.13 bits per heavy atom. The maximum absolute atomic E-state index is 3.49. The molecule has 0 bridgehead atoms. The third-order valence-corrected chi connectivity index (χ3v) is 4.27.